The highest BCUT2D eigenvalue weighted by atomic mass is 32.2. The second-order valence-electron chi connectivity index (χ2n) is 6.78. The number of nitrogens with one attached hydrogen (secondary N) is 2. The highest BCUT2D eigenvalue weighted by Gasteiger charge is 2.17. The summed E-state index contributed by atoms with van der Waals surface area (Å²) in [5.74, 6) is 2.11. The molecular weight excluding hydrogens is 434 g/mol. The van der Waals surface area contributed by atoms with Gasteiger partial charge in [-0.25, -0.2) is 0 Å². The zero-order valence-corrected chi connectivity index (χ0v) is 18.3. The lowest BCUT2D eigenvalue weighted by molar-refractivity contribution is -0.113. The Hall–Kier alpha value is -3.73. The first-order valence-electron chi connectivity index (χ1n) is 9.66. The lowest BCUT2D eigenvalue weighted by Gasteiger charge is -2.08. The van der Waals surface area contributed by atoms with E-state index in [9.17, 15) is 9.59 Å². The van der Waals surface area contributed by atoms with Crippen LogP contribution in [0.4, 0.5) is 5.69 Å². The molecule has 0 bridgehead atoms. The largest absolute Gasteiger partial charge is 0.497 e. The SMILES string of the molecule is COc1cccc(NC(=O)CSc2nnc(CNC(=O)c3ccc4c(c3)OCO4)n2C)c1. The first-order chi connectivity index (χ1) is 15.5. The number of thioether (sulfide) groups is 1. The molecule has 1 aliphatic rings. The normalized spacial score (nSPS) is 11.8. The Morgan fingerprint density at radius 1 is 1.16 bits per heavy atom. The van der Waals surface area contributed by atoms with Gasteiger partial charge in [-0.05, 0) is 30.3 Å². The molecule has 2 N–H and O–H groups in total. The summed E-state index contributed by atoms with van der Waals surface area (Å²) < 4.78 is 17.4. The van der Waals surface area contributed by atoms with Crippen LogP contribution in [-0.4, -0.2) is 46.2 Å². The maximum atomic E-state index is 12.4. The highest BCUT2D eigenvalue weighted by Crippen LogP contribution is 2.32. The number of fused-ring (bicyclic) bond motifs is 1. The summed E-state index contributed by atoms with van der Waals surface area (Å²) in [6.07, 6.45) is 0. The van der Waals surface area contributed by atoms with Crippen molar-refractivity contribution in [2.45, 2.75) is 11.7 Å². The molecule has 1 aromatic heterocycles. The zero-order chi connectivity index (χ0) is 22.5. The Morgan fingerprint density at radius 2 is 2.00 bits per heavy atom. The molecule has 0 radical (unpaired) electrons. The van der Waals surface area contributed by atoms with E-state index in [-0.39, 0.29) is 30.9 Å². The van der Waals surface area contributed by atoms with Crippen LogP contribution in [0.2, 0.25) is 0 Å². The molecule has 0 aliphatic carbocycles. The van der Waals surface area contributed by atoms with Crippen LogP contribution < -0.4 is 24.8 Å². The molecule has 0 unspecified atom stereocenters. The van der Waals surface area contributed by atoms with Crippen LogP contribution in [0.15, 0.2) is 47.6 Å². The van der Waals surface area contributed by atoms with Gasteiger partial charge < -0.3 is 29.4 Å². The number of rotatable bonds is 8. The van der Waals surface area contributed by atoms with E-state index in [1.807, 2.05) is 0 Å². The lowest BCUT2D eigenvalue weighted by Crippen LogP contribution is -2.24. The Bertz CT molecular complexity index is 1150. The van der Waals surface area contributed by atoms with Gasteiger partial charge in [0.25, 0.3) is 5.91 Å². The summed E-state index contributed by atoms with van der Waals surface area (Å²) >= 11 is 1.25. The minimum absolute atomic E-state index is 0.150. The molecular formula is C21H21N5O5S. The second-order valence-corrected chi connectivity index (χ2v) is 7.72. The van der Waals surface area contributed by atoms with E-state index < -0.39 is 0 Å². The number of benzene rings is 2. The van der Waals surface area contributed by atoms with E-state index in [1.165, 1.54) is 11.8 Å². The number of anilines is 1. The van der Waals surface area contributed by atoms with E-state index in [0.29, 0.717) is 39.5 Å². The Balaban J connectivity index is 1.29. The third kappa shape index (κ3) is 4.94. The summed E-state index contributed by atoms with van der Waals surface area (Å²) in [5, 5.41) is 14.4. The fourth-order valence-electron chi connectivity index (χ4n) is 2.95. The number of hydrogen-bond acceptors (Lipinski definition) is 8. The van der Waals surface area contributed by atoms with Gasteiger partial charge in [-0.1, -0.05) is 17.8 Å². The van der Waals surface area contributed by atoms with Gasteiger partial charge in [0.2, 0.25) is 12.7 Å². The van der Waals surface area contributed by atoms with Crippen LogP contribution in [0.5, 0.6) is 17.2 Å². The topological polar surface area (TPSA) is 117 Å². The molecule has 2 heterocycles. The first kappa shape index (κ1) is 21.5. The standard InChI is InChI=1S/C21H21N5O5S/c1-26-18(10-22-20(28)13-6-7-16-17(8-13)31-12-30-16)24-25-21(26)32-11-19(27)23-14-4-3-5-15(9-14)29-2/h3-9H,10-12H2,1-2H3,(H,22,28)(H,23,27). The minimum atomic E-state index is -0.266. The molecule has 4 rings (SSSR count). The maximum absolute atomic E-state index is 12.4. The van der Waals surface area contributed by atoms with Crippen LogP contribution in [-0.2, 0) is 18.4 Å². The van der Waals surface area contributed by atoms with Gasteiger partial charge in [-0.2, -0.15) is 0 Å². The highest BCUT2D eigenvalue weighted by molar-refractivity contribution is 7.99. The van der Waals surface area contributed by atoms with E-state index in [0.717, 1.165) is 0 Å². The molecule has 3 aromatic rings. The zero-order valence-electron chi connectivity index (χ0n) is 17.5. The Labute approximate surface area is 188 Å². The van der Waals surface area contributed by atoms with Crippen molar-refractivity contribution in [2.24, 2.45) is 7.05 Å². The summed E-state index contributed by atoms with van der Waals surface area (Å²) in [5.41, 5.74) is 1.11. The van der Waals surface area contributed by atoms with E-state index >= 15 is 0 Å². The van der Waals surface area contributed by atoms with E-state index in [4.69, 9.17) is 14.2 Å². The number of nitrogens with zero attached hydrogens (tertiary/aromatic N) is 3. The molecule has 0 spiro atoms. The van der Waals surface area contributed by atoms with Crippen molar-refractivity contribution in [1.29, 1.82) is 0 Å². The van der Waals surface area contributed by atoms with Crippen molar-refractivity contribution in [3.05, 3.63) is 53.9 Å². The van der Waals surface area contributed by atoms with Crippen molar-refractivity contribution in [3.63, 3.8) is 0 Å². The molecule has 32 heavy (non-hydrogen) atoms. The van der Waals surface area contributed by atoms with Crippen LogP contribution in [0.3, 0.4) is 0 Å². The summed E-state index contributed by atoms with van der Waals surface area (Å²) in [4.78, 5) is 24.7. The average Bonchev–Trinajstić information content (AvgIpc) is 3.42. The number of amides is 2. The third-order valence-electron chi connectivity index (χ3n) is 4.65. The van der Waals surface area contributed by atoms with Crippen molar-refractivity contribution in [1.82, 2.24) is 20.1 Å². The fourth-order valence-corrected chi connectivity index (χ4v) is 3.68. The van der Waals surface area contributed by atoms with Crippen LogP contribution in [0.1, 0.15) is 16.2 Å². The van der Waals surface area contributed by atoms with Gasteiger partial charge in [-0.3, -0.25) is 9.59 Å². The predicted molar refractivity (Wildman–Crippen MR) is 117 cm³/mol. The first-order valence-corrected chi connectivity index (χ1v) is 10.6. The Kier molecular flexibility index (Phi) is 6.45. The van der Waals surface area contributed by atoms with Crippen LogP contribution in [0.25, 0.3) is 0 Å². The Morgan fingerprint density at radius 3 is 2.84 bits per heavy atom. The van der Waals surface area contributed by atoms with Gasteiger partial charge in [0.1, 0.15) is 5.75 Å². The average molecular weight is 455 g/mol. The number of hydrogen-bond donors (Lipinski definition) is 2. The summed E-state index contributed by atoms with van der Waals surface area (Å²) in [6, 6.07) is 12.1. The summed E-state index contributed by atoms with van der Waals surface area (Å²) in [7, 11) is 3.35. The lowest BCUT2D eigenvalue weighted by atomic mass is 10.2. The molecule has 2 amide bonds. The number of carbonyl (C=O) groups is 2. The molecule has 1 aliphatic heterocycles. The van der Waals surface area contributed by atoms with Gasteiger partial charge in [-0.15, -0.1) is 10.2 Å². The number of ether oxygens (including phenoxy) is 3. The van der Waals surface area contributed by atoms with E-state index in [1.54, 1.807) is 61.2 Å². The maximum Gasteiger partial charge on any atom is 0.251 e. The van der Waals surface area contributed by atoms with Crippen molar-refractivity contribution < 1.29 is 23.8 Å². The summed E-state index contributed by atoms with van der Waals surface area (Å²) in [6.45, 7) is 0.338. The molecule has 10 nitrogen and oxygen atoms in total. The van der Waals surface area contributed by atoms with Crippen LogP contribution in [0, 0.1) is 0 Å². The number of methoxy groups -OCH3 is 1. The molecule has 0 saturated carbocycles. The molecule has 2 aromatic carbocycles. The van der Waals surface area contributed by atoms with Gasteiger partial charge in [0.05, 0.1) is 19.4 Å². The molecule has 0 atom stereocenters. The van der Waals surface area contributed by atoms with Gasteiger partial charge in [0, 0.05) is 24.4 Å². The minimum Gasteiger partial charge on any atom is -0.497 e. The second kappa shape index (κ2) is 9.60. The predicted octanol–water partition coefficient (Wildman–Crippen LogP) is 2.21. The van der Waals surface area contributed by atoms with Crippen molar-refractivity contribution >= 4 is 29.3 Å². The fraction of sp³-hybridized carbons (Fsp3) is 0.238. The monoisotopic (exact) mass is 455 g/mol. The quantitative estimate of drug-likeness (QED) is 0.497. The van der Waals surface area contributed by atoms with E-state index in [2.05, 4.69) is 20.8 Å². The number of carbonyl (C=O) groups excluding carboxylic acids is 2. The molecule has 166 valence electrons. The molecule has 0 saturated heterocycles. The molecule has 0 fully saturated rings. The van der Waals surface area contributed by atoms with Crippen molar-refractivity contribution in [2.75, 3.05) is 25.0 Å². The smallest absolute Gasteiger partial charge is 0.251 e. The van der Waals surface area contributed by atoms with Gasteiger partial charge >= 0.3 is 0 Å². The van der Waals surface area contributed by atoms with Crippen molar-refractivity contribution in [3.8, 4) is 17.2 Å². The third-order valence-corrected chi connectivity index (χ3v) is 5.67. The van der Waals surface area contributed by atoms with Gasteiger partial charge in [0.15, 0.2) is 22.5 Å². The molecule has 11 heteroatoms. The van der Waals surface area contributed by atoms with Crippen LogP contribution >= 0.6 is 11.8 Å². The number of aromatic nitrogens is 3.